The van der Waals surface area contributed by atoms with E-state index in [9.17, 15) is 4.79 Å². The van der Waals surface area contributed by atoms with E-state index in [1.807, 2.05) is 42.6 Å². The van der Waals surface area contributed by atoms with Crippen LogP contribution in [0.5, 0.6) is 0 Å². The molecule has 1 aliphatic heterocycles. The van der Waals surface area contributed by atoms with Gasteiger partial charge in [0.15, 0.2) is 0 Å². The highest BCUT2D eigenvalue weighted by atomic mass is 35.5. The molecule has 3 aromatic rings. The van der Waals surface area contributed by atoms with Gasteiger partial charge in [0.25, 0.3) is 0 Å². The third-order valence-corrected chi connectivity index (χ3v) is 5.31. The highest BCUT2D eigenvalue weighted by molar-refractivity contribution is 6.31. The van der Waals surface area contributed by atoms with Gasteiger partial charge in [-0.2, -0.15) is 0 Å². The molecule has 0 saturated carbocycles. The van der Waals surface area contributed by atoms with Crippen molar-refractivity contribution in [3.63, 3.8) is 0 Å². The van der Waals surface area contributed by atoms with Crippen molar-refractivity contribution in [2.24, 2.45) is 5.92 Å². The summed E-state index contributed by atoms with van der Waals surface area (Å²) in [6.45, 7) is 2.24. The summed E-state index contributed by atoms with van der Waals surface area (Å²) in [6, 6.07) is 11.7. The molecule has 0 radical (unpaired) electrons. The molecule has 5 nitrogen and oxygen atoms in total. The van der Waals surface area contributed by atoms with E-state index < -0.39 is 0 Å². The van der Waals surface area contributed by atoms with Crippen LogP contribution < -0.4 is 10.2 Å². The van der Waals surface area contributed by atoms with Crippen molar-refractivity contribution in [1.29, 1.82) is 0 Å². The molecule has 138 valence electrons. The number of benzene rings is 1. The Morgan fingerprint density at radius 3 is 2.81 bits per heavy atom. The van der Waals surface area contributed by atoms with Crippen LogP contribution in [0.1, 0.15) is 18.4 Å². The van der Waals surface area contributed by atoms with Crippen LogP contribution in [0.25, 0.3) is 10.9 Å². The van der Waals surface area contributed by atoms with E-state index in [1.54, 1.807) is 12.4 Å². The normalized spacial score (nSPS) is 15.1. The van der Waals surface area contributed by atoms with E-state index in [4.69, 9.17) is 11.6 Å². The molecule has 0 unspecified atom stereocenters. The summed E-state index contributed by atoms with van der Waals surface area (Å²) >= 11 is 6.08. The monoisotopic (exact) mass is 380 g/mol. The van der Waals surface area contributed by atoms with Gasteiger partial charge in [-0.25, -0.2) is 0 Å². The Morgan fingerprint density at radius 2 is 2.04 bits per heavy atom. The molecule has 1 fully saturated rings. The third kappa shape index (κ3) is 4.03. The van der Waals surface area contributed by atoms with Crippen LogP contribution in [0.4, 0.5) is 5.69 Å². The van der Waals surface area contributed by atoms with Crippen molar-refractivity contribution in [1.82, 2.24) is 15.3 Å². The summed E-state index contributed by atoms with van der Waals surface area (Å²) in [7, 11) is 0. The largest absolute Gasteiger partial charge is 0.371 e. The summed E-state index contributed by atoms with van der Waals surface area (Å²) in [5.74, 6) is 0.185. The zero-order valence-electron chi connectivity index (χ0n) is 14.9. The minimum Gasteiger partial charge on any atom is -0.371 e. The van der Waals surface area contributed by atoms with Crippen molar-refractivity contribution in [2.45, 2.75) is 19.4 Å². The molecular formula is C21H21ClN4O. The van der Waals surface area contributed by atoms with Crippen LogP contribution in [-0.2, 0) is 11.3 Å². The fourth-order valence-corrected chi connectivity index (χ4v) is 3.77. The number of pyridine rings is 2. The number of fused-ring (bicyclic) bond motifs is 1. The second-order valence-corrected chi connectivity index (χ2v) is 7.27. The summed E-state index contributed by atoms with van der Waals surface area (Å²) in [5, 5.41) is 4.83. The van der Waals surface area contributed by atoms with E-state index in [0.717, 1.165) is 48.1 Å². The maximum Gasteiger partial charge on any atom is 0.223 e. The van der Waals surface area contributed by atoms with Gasteiger partial charge in [0.05, 0.1) is 5.52 Å². The minimum absolute atomic E-state index is 0.0560. The van der Waals surface area contributed by atoms with Crippen LogP contribution in [-0.4, -0.2) is 29.0 Å². The Hall–Kier alpha value is -2.66. The average Bonchev–Trinajstić information content (AvgIpc) is 2.72. The molecule has 2 aromatic heterocycles. The van der Waals surface area contributed by atoms with E-state index in [2.05, 4.69) is 20.2 Å². The summed E-state index contributed by atoms with van der Waals surface area (Å²) < 4.78 is 0. The summed E-state index contributed by atoms with van der Waals surface area (Å²) in [5.41, 5.74) is 3.08. The van der Waals surface area contributed by atoms with Crippen LogP contribution in [0.15, 0.2) is 55.0 Å². The Bertz CT molecular complexity index is 939. The van der Waals surface area contributed by atoms with E-state index >= 15 is 0 Å². The minimum atomic E-state index is 0.0560. The van der Waals surface area contributed by atoms with Crippen LogP contribution in [0.3, 0.4) is 0 Å². The van der Waals surface area contributed by atoms with Gasteiger partial charge < -0.3 is 10.2 Å². The molecule has 1 aromatic carbocycles. The number of hydrogen-bond acceptors (Lipinski definition) is 4. The molecule has 1 aliphatic rings. The number of aromatic nitrogens is 2. The van der Waals surface area contributed by atoms with Gasteiger partial charge in [0.1, 0.15) is 0 Å². The van der Waals surface area contributed by atoms with Crippen molar-refractivity contribution < 1.29 is 4.79 Å². The molecule has 6 heteroatoms. The summed E-state index contributed by atoms with van der Waals surface area (Å²) in [6.07, 6.45) is 7.02. The van der Waals surface area contributed by atoms with Crippen molar-refractivity contribution >= 4 is 34.1 Å². The van der Waals surface area contributed by atoms with E-state index in [-0.39, 0.29) is 11.8 Å². The molecule has 0 aliphatic carbocycles. The molecule has 1 N–H and O–H groups in total. The molecule has 0 atom stereocenters. The smallest absolute Gasteiger partial charge is 0.223 e. The maximum absolute atomic E-state index is 12.5. The SMILES string of the molecule is O=C(NCc1cccnc1)C1CCN(c2ccnc3cc(Cl)ccc23)CC1. The topological polar surface area (TPSA) is 58.1 Å². The Balaban J connectivity index is 1.38. The highest BCUT2D eigenvalue weighted by Gasteiger charge is 2.25. The number of nitrogens with zero attached hydrogens (tertiary/aromatic N) is 3. The molecule has 1 saturated heterocycles. The van der Waals surface area contributed by atoms with Gasteiger partial charge >= 0.3 is 0 Å². The molecule has 1 amide bonds. The third-order valence-electron chi connectivity index (χ3n) is 5.08. The number of carbonyl (C=O) groups excluding carboxylic acids is 1. The van der Waals surface area contributed by atoms with Crippen LogP contribution >= 0.6 is 11.6 Å². The number of anilines is 1. The Kier molecular flexibility index (Phi) is 5.21. The van der Waals surface area contributed by atoms with Crippen molar-refractivity contribution in [3.05, 3.63) is 65.6 Å². The van der Waals surface area contributed by atoms with Gasteiger partial charge in [-0.15, -0.1) is 0 Å². The predicted octanol–water partition coefficient (Wildman–Crippen LogP) is 3.82. The quantitative estimate of drug-likeness (QED) is 0.747. The van der Waals surface area contributed by atoms with E-state index in [1.165, 1.54) is 0 Å². The van der Waals surface area contributed by atoms with Gasteiger partial charge in [-0.3, -0.25) is 14.8 Å². The molecule has 3 heterocycles. The number of halogens is 1. The fourth-order valence-electron chi connectivity index (χ4n) is 3.60. The number of piperidine rings is 1. The van der Waals surface area contributed by atoms with E-state index in [0.29, 0.717) is 11.6 Å². The number of amides is 1. The van der Waals surface area contributed by atoms with Gasteiger partial charge in [0.2, 0.25) is 5.91 Å². The number of nitrogens with one attached hydrogen (secondary N) is 1. The maximum atomic E-state index is 12.5. The zero-order valence-corrected chi connectivity index (χ0v) is 15.7. The molecule has 4 rings (SSSR count). The van der Waals surface area contributed by atoms with Gasteiger partial charge in [-0.1, -0.05) is 17.7 Å². The predicted molar refractivity (Wildman–Crippen MR) is 108 cm³/mol. The zero-order chi connectivity index (χ0) is 18.6. The number of hydrogen-bond donors (Lipinski definition) is 1. The first-order chi connectivity index (χ1) is 13.2. The molecule has 0 bridgehead atoms. The van der Waals surface area contributed by atoms with Gasteiger partial charge in [0, 0.05) is 60.2 Å². The lowest BCUT2D eigenvalue weighted by atomic mass is 9.95. The Labute approximate surface area is 163 Å². The van der Waals surface area contributed by atoms with Gasteiger partial charge in [-0.05, 0) is 48.7 Å². The molecule has 27 heavy (non-hydrogen) atoms. The average molecular weight is 381 g/mol. The second kappa shape index (κ2) is 7.92. The first-order valence-corrected chi connectivity index (χ1v) is 9.54. The first-order valence-electron chi connectivity index (χ1n) is 9.16. The number of carbonyl (C=O) groups is 1. The standard InChI is InChI=1S/C21H21ClN4O/c22-17-3-4-18-19(12-17)24-9-5-20(18)26-10-6-16(7-11-26)21(27)25-14-15-2-1-8-23-13-15/h1-5,8-9,12-13,16H,6-7,10-11,14H2,(H,25,27). The first kappa shape index (κ1) is 17.7. The molecule has 0 spiro atoms. The molecular weight excluding hydrogens is 360 g/mol. The summed E-state index contributed by atoms with van der Waals surface area (Å²) in [4.78, 5) is 23.3. The lowest BCUT2D eigenvalue weighted by Crippen LogP contribution is -2.40. The Morgan fingerprint density at radius 1 is 1.19 bits per heavy atom. The lowest BCUT2D eigenvalue weighted by molar-refractivity contribution is -0.125. The van der Waals surface area contributed by atoms with Crippen LogP contribution in [0.2, 0.25) is 5.02 Å². The fraction of sp³-hybridized carbons (Fsp3) is 0.286. The second-order valence-electron chi connectivity index (χ2n) is 6.83. The van der Waals surface area contributed by atoms with Crippen molar-refractivity contribution in [2.75, 3.05) is 18.0 Å². The van der Waals surface area contributed by atoms with Crippen molar-refractivity contribution in [3.8, 4) is 0 Å². The number of rotatable bonds is 4. The lowest BCUT2D eigenvalue weighted by Gasteiger charge is -2.33. The highest BCUT2D eigenvalue weighted by Crippen LogP contribution is 2.30. The van der Waals surface area contributed by atoms with Crippen LogP contribution in [0, 0.1) is 5.92 Å².